The highest BCUT2D eigenvalue weighted by atomic mass is 19.3. The minimum atomic E-state index is -2.95. The van der Waals surface area contributed by atoms with Gasteiger partial charge in [0, 0.05) is 62.3 Å². The lowest BCUT2D eigenvalue weighted by Crippen LogP contribution is -2.39. The van der Waals surface area contributed by atoms with Crippen LogP contribution in [-0.4, -0.2) is 58.4 Å². The molecule has 2 aromatic rings. The molecule has 2 saturated heterocycles. The van der Waals surface area contributed by atoms with Crippen molar-refractivity contribution < 1.29 is 18.3 Å². The van der Waals surface area contributed by atoms with Crippen LogP contribution in [0.3, 0.4) is 0 Å². The molecule has 1 saturated carbocycles. The van der Waals surface area contributed by atoms with E-state index in [9.17, 15) is 8.78 Å². The Morgan fingerprint density at radius 1 is 1.19 bits per heavy atom. The summed E-state index contributed by atoms with van der Waals surface area (Å²) in [5.74, 6) is 2.37. The number of nitrogen functional groups attached to an aromatic ring is 1. The summed E-state index contributed by atoms with van der Waals surface area (Å²) >= 11 is 0. The molecule has 168 valence electrons. The van der Waals surface area contributed by atoms with E-state index in [-0.39, 0.29) is 17.5 Å². The number of halogens is 2. The number of rotatable bonds is 6. The lowest BCUT2D eigenvalue weighted by atomic mass is 10.1. The van der Waals surface area contributed by atoms with Gasteiger partial charge in [0.1, 0.15) is 5.82 Å². The van der Waals surface area contributed by atoms with Crippen molar-refractivity contribution in [3.8, 4) is 17.0 Å². The van der Waals surface area contributed by atoms with Crippen LogP contribution in [-0.2, 0) is 4.74 Å². The molecule has 0 spiro atoms. The number of nitrogens with zero attached hydrogens (tertiary/aromatic N) is 4. The van der Waals surface area contributed by atoms with E-state index in [0.717, 1.165) is 45.0 Å². The Hall–Kier alpha value is -2.26. The molecule has 2 aromatic heterocycles. The molecular formula is C22H29F2N5O2. The van der Waals surface area contributed by atoms with Crippen molar-refractivity contribution >= 4 is 5.82 Å². The molecular weight excluding hydrogens is 404 g/mol. The van der Waals surface area contributed by atoms with Gasteiger partial charge in [-0.1, -0.05) is 13.8 Å². The van der Waals surface area contributed by atoms with E-state index in [2.05, 4.69) is 33.0 Å². The summed E-state index contributed by atoms with van der Waals surface area (Å²) in [4.78, 5) is 11.5. The highest BCUT2D eigenvalue weighted by Gasteiger charge is 2.58. The molecule has 4 heterocycles. The van der Waals surface area contributed by atoms with E-state index >= 15 is 0 Å². The summed E-state index contributed by atoms with van der Waals surface area (Å²) < 4.78 is 37.7. The van der Waals surface area contributed by atoms with E-state index < -0.39 is 6.61 Å². The third-order valence-corrected chi connectivity index (χ3v) is 6.88. The van der Waals surface area contributed by atoms with Crippen LogP contribution in [0.2, 0.25) is 0 Å². The first-order valence-corrected chi connectivity index (χ1v) is 11.0. The Kier molecular flexibility index (Phi) is 5.34. The summed E-state index contributed by atoms with van der Waals surface area (Å²) in [5.41, 5.74) is 7.02. The molecule has 31 heavy (non-hydrogen) atoms. The second kappa shape index (κ2) is 8.02. The van der Waals surface area contributed by atoms with E-state index in [1.165, 1.54) is 6.07 Å². The van der Waals surface area contributed by atoms with Gasteiger partial charge in [-0.05, 0) is 30.7 Å². The standard InChI is InChI=1S/C22H29F2N5O2/c1-12(2)21-27-17(13-7-18(31-22(23)24)20(25)26-8-13)11-29(21)19-15-9-28(10-16(15)19)14-3-5-30-6-4-14/h7-8,11-12,14-16,19,22H,3-6,9-10H2,1-2H3,(H2,25,26)/t15-,16+,19-. The maximum Gasteiger partial charge on any atom is 0.387 e. The Morgan fingerprint density at radius 3 is 2.55 bits per heavy atom. The van der Waals surface area contributed by atoms with E-state index in [4.69, 9.17) is 15.5 Å². The second-order valence-corrected chi connectivity index (χ2v) is 9.15. The van der Waals surface area contributed by atoms with Crippen LogP contribution in [0.25, 0.3) is 11.3 Å². The van der Waals surface area contributed by atoms with Gasteiger partial charge in [-0.25, -0.2) is 9.97 Å². The van der Waals surface area contributed by atoms with E-state index in [1.807, 2.05) is 6.20 Å². The van der Waals surface area contributed by atoms with Crippen molar-refractivity contribution in [1.82, 2.24) is 19.4 Å². The molecule has 2 N–H and O–H groups in total. The minimum Gasteiger partial charge on any atom is -0.431 e. The van der Waals surface area contributed by atoms with Crippen LogP contribution >= 0.6 is 0 Å². The summed E-state index contributed by atoms with van der Waals surface area (Å²) in [6.07, 6.45) is 5.86. The number of ether oxygens (including phenoxy) is 2. The number of pyridine rings is 1. The second-order valence-electron chi connectivity index (χ2n) is 9.15. The third kappa shape index (κ3) is 3.89. The third-order valence-electron chi connectivity index (χ3n) is 6.88. The van der Waals surface area contributed by atoms with Crippen molar-refractivity contribution in [3.05, 3.63) is 24.3 Å². The van der Waals surface area contributed by atoms with Gasteiger partial charge in [0.05, 0.1) is 5.69 Å². The Labute approximate surface area is 180 Å². The summed E-state index contributed by atoms with van der Waals surface area (Å²) in [6, 6.07) is 2.60. The van der Waals surface area contributed by atoms with Crippen molar-refractivity contribution in [2.24, 2.45) is 11.8 Å². The molecule has 0 unspecified atom stereocenters. The van der Waals surface area contributed by atoms with Crippen LogP contribution in [0, 0.1) is 11.8 Å². The number of nitrogens with two attached hydrogens (primary N) is 1. The maximum atomic E-state index is 12.7. The first-order valence-electron chi connectivity index (χ1n) is 11.0. The van der Waals surface area contributed by atoms with Crippen LogP contribution in [0.15, 0.2) is 18.5 Å². The van der Waals surface area contributed by atoms with Crippen LogP contribution < -0.4 is 10.5 Å². The molecule has 1 aliphatic carbocycles. The molecule has 2 aliphatic heterocycles. The summed E-state index contributed by atoms with van der Waals surface area (Å²) in [5, 5.41) is 0. The fourth-order valence-corrected chi connectivity index (χ4v) is 5.29. The van der Waals surface area contributed by atoms with Crippen molar-refractivity contribution in [3.63, 3.8) is 0 Å². The van der Waals surface area contributed by atoms with Crippen molar-refractivity contribution in [1.29, 1.82) is 0 Å². The molecule has 3 fully saturated rings. The first-order chi connectivity index (χ1) is 14.9. The maximum absolute atomic E-state index is 12.7. The number of piperidine rings is 1. The minimum absolute atomic E-state index is 0.0579. The predicted octanol–water partition coefficient (Wildman–Crippen LogP) is 3.53. The molecule has 5 rings (SSSR count). The number of hydrogen-bond acceptors (Lipinski definition) is 6. The van der Waals surface area contributed by atoms with Crippen LogP contribution in [0.4, 0.5) is 14.6 Å². The highest BCUT2D eigenvalue weighted by Crippen LogP contribution is 2.57. The topological polar surface area (TPSA) is 78.4 Å². The number of anilines is 1. The molecule has 9 heteroatoms. The van der Waals surface area contributed by atoms with Crippen molar-refractivity contribution in [2.45, 2.75) is 51.3 Å². The Morgan fingerprint density at radius 2 is 1.90 bits per heavy atom. The fraction of sp³-hybridized carbons (Fsp3) is 0.636. The van der Waals surface area contributed by atoms with Gasteiger partial charge in [0.25, 0.3) is 0 Å². The van der Waals surface area contributed by atoms with Gasteiger partial charge in [-0.3, -0.25) is 4.90 Å². The summed E-state index contributed by atoms with van der Waals surface area (Å²) in [6.45, 7) is 5.29. The van der Waals surface area contributed by atoms with Crippen LogP contribution in [0.1, 0.15) is 44.5 Å². The zero-order valence-corrected chi connectivity index (χ0v) is 17.9. The zero-order valence-electron chi connectivity index (χ0n) is 17.9. The number of likely N-dealkylation sites (tertiary alicyclic amines) is 1. The number of aromatic nitrogens is 3. The lowest BCUT2D eigenvalue weighted by Gasteiger charge is -2.32. The monoisotopic (exact) mass is 433 g/mol. The Balaban J connectivity index is 1.36. The molecule has 7 nitrogen and oxygen atoms in total. The number of alkyl halides is 2. The lowest BCUT2D eigenvalue weighted by molar-refractivity contribution is -0.0494. The van der Waals surface area contributed by atoms with E-state index in [1.54, 1.807) is 6.20 Å². The molecule has 3 atom stereocenters. The normalized spacial score (nSPS) is 26.6. The molecule has 0 aromatic carbocycles. The molecule has 0 radical (unpaired) electrons. The number of hydrogen-bond donors (Lipinski definition) is 1. The smallest absolute Gasteiger partial charge is 0.387 e. The predicted molar refractivity (Wildman–Crippen MR) is 112 cm³/mol. The highest BCUT2D eigenvalue weighted by molar-refractivity contribution is 5.64. The quantitative estimate of drug-likeness (QED) is 0.751. The average molecular weight is 434 g/mol. The van der Waals surface area contributed by atoms with Gasteiger partial charge in [-0.2, -0.15) is 8.78 Å². The SMILES string of the molecule is CC(C)c1nc(-c2cnc(N)c(OC(F)F)c2)cn1[C@@H]1[C@@H]2CN(C3CCOCC3)C[C@@H]21. The van der Waals surface area contributed by atoms with E-state index in [0.29, 0.717) is 35.2 Å². The van der Waals surface area contributed by atoms with Gasteiger partial charge in [0.2, 0.25) is 0 Å². The fourth-order valence-electron chi connectivity index (χ4n) is 5.29. The van der Waals surface area contributed by atoms with Crippen molar-refractivity contribution in [2.75, 3.05) is 32.0 Å². The molecule has 3 aliphatic rings. The first kappa shape index (κ1) is 20.6. The number of fused-ring (bicyclic) bond motifs is 1. The van der Waals surface area contributed by atoms with Gasteiger partial charge in [-0.15, -0.1) is 0 Å². The van der Waals surface area contributed by atoms with Gasteiger partial charge >= 0.3 is 6.61 Å². The van der Waals surface area contributed by atoms with Crippen LogP contribution in [0.5, 0.6) is 5.75 Å². The van der Waals surface area contributed by atoms with Gasteiger partial charge in [0.15, 0.2) is 11.6 Å². The zero-order chi connectivity index (χ0) is 21.7. The number of imidazole rings is 1. The summed E-state index contributed by atoms with van der Waals surface area (Å²) in [7, 11) is 0. The van der Waals surface area contributed by atoms with Gasteiger partial charge < -0.3 is 19.8 Å². The Bertz CT molecular complexity index is 932. The molecule has 0 bridgehead atoms. The average Bonchev–Trinajstić information content (AvgIpc) is 3.10. The molecule has 0 amide bonds. The largest absolute Gasteiger partial charge is 0.431 e.